The first-order chi connectivity index (χ1) is 10.5. The average Bonchev–Trinajstić information content (AvgIpc) is 2.95. The number of nitrogens with zero attached hydrogens (tertiary/aromatic N) is 1. The van der Waals surface area contributed by atoms with E-state index in [0.717, 1.165) is 31.2 Å². The first-order valence-electron chi connectivity index (χ1n) is 7.31. The van der Waals surface area contributed by atoms with Gasteiger partial charge in [0, 0.05) is 13.2 Å². The lowest BCUT2D eigenvalue weighted by atomic mass is 10.1. The van der Waals surface area contributed by atoms with Gasteiger partial charge in [-0.25, -0.2) is 0 Å². The first kappa shape index (κ1) is 16.8. The summed E-state index contributed by atoms with van der Waals surface area (Å²) in [6.45, 7) is 4.86. The number of thioether (sulfide) groups is 1. The highest BCUT2D eigenvalue weighted by Gasteiger charge is 2.17. The van der Waals surface area contributed by atoms with Crippen molar-refractivity contribution in [3.8, 4) is 5.88 Å². The van der Waals surface area contributed by atoms with Crippen LogP contribution >= 0.6 is 11.8 Å². The van der Waals surface area contributed by atoms with Gasteiger partial charge in [-0.05, 0) is 18.8 Å². The predicted molar refractivity (Wildman–Crippen MR) is 83.3 cm³/mol. The highest BCUT2D eigenvalue weighted by molar-refractivity contribution is 7.99. The summed E-state index contributed by atoms with van der Waals surface area (Å²) in [5, 5.41) is 12.8. The predicted octanol–water partition coefficient (Wildman–Crippen LogP) is 0.986. The number of hydrogen-bond acceptors (Lipinski definition) is 6. The quantitative estimate of drug-likeness (QED) is 0.531. The number of rotatable bonds is 6. The molecule has 0 unspecified atom stereocenters. The molecule has 0 bridgehead atoms. The van der Waals surface area contributed by atoms with Crippen molar-refractivity contribution in [3.63, 3.8) is 0 Å². The maximum Gasteiger partial charge on any atom is 0.258 e. The van der Waals surface area contributed by atoms with Crippen molar-refractivity contribution < 1.29 is 14.6 Å². The van der Waals surface area contributed by atoms with Crippen molar-refractivity contribution in [3.05, 3.63) is 15.9 Å². The maximum atomic E-state index is 11.9. The van der Waals surface area contributed by atoms with E-state index in [4.69, 9.17) is 4.74 Å². The molecule has 2 heterocycles. The highest BCUT2D eigenvalue weighted by atomic mass is 32.2. The van der Waals surface area contributed by atoms with E-state index in [0.29, 0.717) is 6.54 Å². The minimum absolute atomic E-state index is 0.0984. The van der Waals surface area contributed by atoms with E-state index in [9.17, 15) is 14.7 Å². The Bertz CT molecular complexity index is 582. The number of carbonyl (C=O) groups is 1. The average molecular weight is 327 g/mol. The van der Waals surface area contributed by atoms with E-state index in [1.54, 1.807) is 13.8 Å². The molecule has 1 fully saturated rings. The molecule has 1 saturated heterocycles. The summed E-state index contributed by atoms with van der Waals surface area (Å²) in [7, 11) is 0. The Balaban J connectivity index is 1.85. The molecule has 22 heavy (non-hydrogen) atoms. The lowest BCUT2D eigenvalue weighted by molar-refractivity contribution is -0.119. The fraction of sp³-hybridized carbons (Fsp3) is 0.643. The third-order valence-electron chi connectivity index (χ3n) is 3.38. The summed E-state index contributed by atoms with van der Waals surface area (Å²) in [6.07, 6.45) is 2.09. The van der Waals surface area contributed by atoms with Gasteiger partial charge in [-0.2, -0.15) is 4.98 Å². The van der Waals surface area contributed by atoms with Crippen LogP contribution in [0.1, 0.15) is 38.2 Å². The van der Waals surface area contributed by atoms with Gasteiger partial charge in [0.15, 0.2) is 5.16 Å². The summed E-state index contributed by atoms with van der Waals surface area (Å²) in [4.78, 5) is 30.1. The van der Waals surface area contributed by atoms with Gasteiger partial charge >= 0.3 is 0 Å². The maximum absolute atomic E-state index is 11.9. The Morgan fingerprint density at radius 3 is 2.95 bits per heavy atom. The van der Waals surface area contributed by atoms with Crippen LogP contribution in [0.5, 0.6) is 5.88 Å². The summed E-state index contributed by atoms with van der Waals surface area (Å²) >= 11 is 1.08. The number of H-pyrrole nitrogens is 1. The van der Waals surface area contributed by atoms with Gasteiger partial charge < -0.3 is 20.1 Å². The SMILES string of the molecule is CC(C)c1c(O)nc(SCC(=O)NC[C@H]2CCCO2)[nH]c1=O. The molecule has 122 valence electrons. The van der Waals surface area contributed by atoms with Gasteiger partial charge in [-0.1, -0.05) is 25.6 Å². The van der Waals surface area contributed by atoms with Crippen LogP contribution in [0.15, 0.2) is 9.95 Å². The standard InChI is InChI=1S/C14H21N3O4S/c1-8(2)11-12(19)16-14(17-13(11)20)22-7-10(18)15-6-9-4-3-5-21-9/h8-9H,3-7H2,1-2H3,(H,15,18)(H2,16,17,19,20)/t9-/m1/s1. The van der Waals surface area contributed by atoms with Crippen molar-refractivity contribution in [2.75, 3.05) is 18.9 Å². The smallest absolute Gasteiger partial charge is 0.258 e. The molecule has 1 aromatic rings. The summed E-state index contributed by atoms with van der Waals surface area (Å²) in [5.74, 6) is -0.433. The zero-order chi connectivity index (χ0) is 16.1. The van der Waals surface area contributed by atoms with Crippen molar-refractivity contribution in [1.82, 2.24) is 15.3 Å². The molecule has 1 amide bonds. The van der Waals surface area contributed by atoms with Crippen molar-refractivity contribution >= 4 is 17.7 Å². The van der Waals surface area contributed by atoms with Crippen molar-refractivity contribution in [2.45, 2.75) is 43.9 Å². The zero-order valence-corrected chi connectivity index (χ0v) is 13.5. The molecule has 1 aromatic heterocycles. The molecule has 1 atom stereocenters. The first-order valence-corrected chi connectivity index (χ1v) is 8.30. The number of aromatic hydroxyl groups is 1. The number of aromatic amines is 1. The molecule has 1 aliphatic heterocycles. The molecule has 0 aromatic carbocycles. The van der Waals surface area contributed by atoms with E-state index in [2.05, 4.69) is 15.3 Å². The monoisotopic (exact) mass is 327 g/mol. The van der Waals surface area contributed by atoms with E-state index < -0.39 is 0 Å². The van der Waals surface area contributed by atoms with E-state index in [1.807, 2.05) is 0 Å². The molecule has 3 N–H and O–H groups in total. The Morgan fingerprint density at radius 2 is 2.36 bits per heavy atom. The Kier molecular flexibility index (Phi) is 5.84. The third kappa shape index (κ3) is 4.48. The number of amides is 1. The van der Waals surface area contributed by atoms with Crippen molar-refractivity contribution in [1.29, 1.82) is 0 Å². The van der Waals surface area contributed by atoms with E-state index >= 15 is 0 Å². The number of carbonyl (C=O) groups excluding carboxylic acids is 1. The Labute approximate surface area is 132 Å². The fourth-order valence-electron chi connectivity index (χ4n) is 2.26. The van der Waals surface area contributed by atoms with Gasteiger partial charge in [0.05, 0.1) is 17.4 Å². The summed E-state index contributed by atoms with van der Waals surface area (Å²) in [5.41, 5.74) is -0.114. The zero-order valence-electron chi connectivity index (χ0n) is 12.7. The van der Waals surface area contributed by atoms with Crippen LogP contribution in [0.3, 0.4) is 0 Å². The number of ether oxygens (including phenoxy) is 1. The second-order valence-electron chi connectivity index (χ2n) is 5.49. The highest BCUT2D eigenvalue weighted by Crippen LogP contribution is 2.21. The second kappa shape index (κ2) is 7.64. The Morgan fingerprint density at radius 1 is 1.59 bits per heavy atom. The summed E-state index contributed by atoms with van der Waals surface area (Å²) < 4.78 is 5.42. The molecule has 0 radical (unpaired) electrons. The molecule has 0 saturated carbocycles. The molecule has 0 aliphatic carbocycles. The molecular formula is C14H21N3O4S. The number of nitrogens with one attached hydrogen (secondary N) is 2. The lowest BCUT2D eigenvalue weighted by Crippen LogP contribution is -2.33. The molecular weight excluding hydrogens is 306 g/mol. The van der Waals surface area contributed by atoms with Crippen LogP contribution in [0.25, 0.3) is 0 Å². The minimum Gasteiger partial charge on any atom is -0.493 e. The lowest BCUT2D eigenvalue weighted by Gasteiger charge is -2.11. The van der Waals surface area contributed by atoms with Crippen molar-refractivity contribution in [2.24, 2.45) is 0 Å². The Hall–Kier alpha value is -1.54. The van der Waals surface area contributed by atoms with Crippen LogP contribution < -0.4 is 10.9 Å². The minimum atomic E-state index is -0.371. The molecule has 8 heteroatoms. The second-order valence-corrected chi connectivity index (χ2v) is 6.45. The molecule has 7 nitrogen and oxygen atoms in total. The number of aromatic nitrogens is 2. The molecule has 2 rings (SSSR count). The van der Waals surface area contributed by atoms with Crippen LogP contribution in [-0.4, -0.2) is 46.0 Å². The normalized spacial score (nSPS) is 17.9. The van der Waals surface area contributed by atoms with E-state index in [-0.39, 0.29) is 45.8 Å². The van der Waals surface area contributed by atoms with Crippen LogP contribution in [0.4, 0.5) is 0 Å². The van der Waals surface area contributed by atoms with E-state index in [1.165, 1.54) is 0 Å². The summed E-state index contributed by atoms with van der Waals surface area (Å²) in [6, 6.07) is 0. The van der Waals surface area contributed by atoms with Crippen LogP contribution in [-0.2, 0) is 9.53 Å². The third-order valence-corrected chi connectivity index (χ3v) is 4.25. The van der Waals surface area contributed by atoms with Gasteiger partial charge in [-0.15, -0.1) is 0 Å². The molecule has 1 aliphatic rings. The topological polar surface area (TPSA) is 104 Å². The fourth-order valence-corrected chi connectivity index (χ4v) is 2.94. The van der Waals surface area contributed by atoms with Crippen LogP contribution in [0, 0.1) is 0 Å². The van der Waals surface area contributed by atoms with Gasteiger partial charge in [0.2, 0.25) is 11.8 Å². The largest absolute Gasteiger partial charge is 0.493 e. The van der Waals surface area contributed by atoms with Gasteiger partial charge in [-0.3, -0.25) is 9.59 Å². The van der Waals surface area contributed by atoms with Gasteiger partial charge in [0.1, 0.15) is 0 Å². The van der Waals surface area contributed by atoms with Crippen LogP contribution in [0.2, 0.25) is 0 Å². The van der Waals surface area contributed by atoms with Gasteiger partial charge in [0.25, 0.3) is 5.56 Å². The molecule has 0 spiro atoms. The number of hydrogen-bond donors (Lipinski definition) is 3.